The molecule has 0 aromatic heterocycles. The third-order valence-corrected chi connectivity index (χ3v) is 3.83. The Kier molecular flexibility index (Phi) is 6.66. The largest absolute Gasteiger partial charge is 0.494 e. The Labute approximate surface area is 150 Å². The zero-order valence-electron chi connectivity index (χ0n) is 14.6. The first-order chi connectivity index (χ1) is 12.4. The second-order valence-corrected chi connectivity index (χ2v) is 5.57. The summed E-state index contributed by atoms with van der Waals surface area (Å²) in [5.74, 6) is -1.58. The summed E-state index contributed by atoms with van der Waals surface area (Å²) in [6.07, 6.45) is 0. The van der Waals surface area contributed by atoms with Crippen LogP contribution in [0.25, 0.3) is 0 Å². The Morgan fingerprint density at radius 3 is 2.38 bits per heavy atom. The lowest BCUT2D eigenvalue weighted by Crippen LogP contribution is -2.39. The number of methoxy groups -OCH3 is 1. The molecule has 0 bridgehead atoms. The summed E-state index contributed by atoms with van der Waals surface area (Å²) in [6, 6.07) is 9.51. The van der Waals surface area contributed by atoms with Gasteiger partial charge in [-0.3, -0.25) is 9.59 Å². The number of rotatable bonds is 7. The van der Waals surface area contributed by atoms with Crippen LogP contribution in [0.4, 0.5) is 8.78 Å². The first-order valence-electron chi connectivity index (χ1n) is 8.08. The summed E-state index contributed by atoms with van der Waals surface area (Å²) < 4.78 is 31.5. The standard InChI is InChI=1S/C19H20F2N2O3/c1-3-23(12-13-4-9-17(26-2)16(21)10-13)18(24)11-22-19(25)14-5-7-15(20)8-6-14/h4-10H,3,11-12H2,1-2H3,(H,22,25). The van der Waals surface area contributed by atoms with E-state index in [4.69, 9.17) is 4.74 Å². The van der Waals surface area contributed by atoms with Crippen LogP contribution < -0.4 is 10.1 Å². The maximum absolute atomic E-state index is 13.8. The molecule has 7 heteroatoms. The molecule has 0 atom stereocenters. The van der Waals surface area contributed by atoms with E-state index in [1.54, 1.807) is 13.0 Å². The second-order valence-electron chi connectivity index (χ2n) is 5.57. The zero-order chi connectivity index (χ0) is 19.1. The van der Waals surface area contributed by atoms with Crippen molar-refractivity contribution in [3.63, 3.8) is 0 Å². The molecular weight excluding hydrogens is 342 g/mol. The number of carbonyl (C=O) groups excluding carboxylic acids is 2. The van der Waals surface area contributed by atoms with E-state index >= 15 is 0 Å². The van der Waals surface area contributed by atoms with E-state index < -0.39 is 17.5 Å². The number of carbonyl (C=O) groups is 2. The van der Waals surface area contributed by atoms with Crippen molar-refractivity contribution in [2.45, 2.75) is 13.5 Å². The van der Waals surface area contributed by atoms with Gasteiger partial charge < -0.3 is 15.0 Å². The molecule has 1 N–H and O–H groups in total. The van der Waals surface area contributed by atoms with Gasteiger partial charge in [0, 0.05) is 18.7 Å². The van der Waals surface area contributed by atoms with E-state index in [9.17, 15) is 18.4 Å². The highest BCUT2D eigenvalue weighted by Gasteiger charge is 2.15. The maximum atomic E-state index is 13.8. The average Bonchev–Trinajstić information content (AvgIpc) is 2.64. The van der Waals surface area contributed by atoms with Crippen molar-refractivity contribution in [2.75, 3.05) is 20.2 Å². The van der Waals surface area contributed by atoms with Crippen LogP contribution in [0.5, 0.6) is 5.75 Å². The molecule has 0 unspecified atom stereocenters. The molecule has 2 aromatic rings. The molecular formula is C19H20F2N2O3. The minimum absolute atomic E-state index is 0.134. The molecule has 0 saturated carbocycles. The van der Waals surface area contributed by atoms with Crippen molar-refractivity contribution in [1.29, 1.82) is 0 Å². The van der Waals surface area contributed by atoms with Gasteiger partial charge in [-0.25, -0.2) is 8.78 Å². The minimum Gasteiger partial charge on any atom is -0.494 e. The smallest absolute Gasteiger partial charge is 0.251 e. The number of likely N-dealkylation sites (N-methyl/N-ethyl adjacent to an activating group) is 1. The summed E-state index contributed by atoms with van der Waals surface area (Å²) in [6.45, 7) is 2.20. The first kappa shape index (κ1) is 19.4. The van der Waals surface area contributed by atoms with Gasteiger partial charge in [-0.2, -0.15) is 0 Å². The molecule has 0 fully saturated rings. The van der Waals surface area contributed by atoms with Crippen molar-refractivity contribution in [3.8, 4) is 5.75 Å². The molecule has 2 amide bonds. The monoisotopic (exact) mass is 362 g/mol. The van der Waals surface area contributed by atoms with Crippen molar-refractivity contribution < 1.29 is 23.1 Å². The van der Waals surface area contributed by atoms with Crippen molar-refractivity contribution in [3.05, 3.63) is 65.2 Å². The number of nitrogens with one attached hydrogen (secondary N) is 1. The predicted molar refractivity (Wildman–Crippen MR) is 92.8 cm³/mol. The Morgan fingerprint density at radius 1 is 1.12 bits per heavy atom. The minimum atomic E-state index is -0.502. The summed E-state index contributed by atoms with van der Waals surface area (Å²) in [5.41, 5.74) is 0.878. The van der Waals surface area contributed by atoms with Crippen LogP contribution in [-0.4, -0.2) is 36.9 Å². The van der Waals surface area contributed by atoms with Gasteiger partial charge in [0.1, 0.15) is 5.82 Å². The first-order valence-corrected chi connectivity index (χ1v) is 8.08. The highest BCUT2D eigenvalue weighted by Crippen LogP contribution is 2.18. The van der Waals surface area contributed by atoms with Crippen LogP contribution >= 0.6 is 0 Å². The Balaban J connectivity index is 1.94. The van der Waals surface area contributed by atoms with Crippen molar-refractivity contribution in [2.24, 2.45) is 0 Å². The Morgan fingerprint density at radius 2 is 1.81 bits per heavy atom. The summed E-state index contributed by atoms with van der Waals surface area (Å²) in [7, 11) is 1.38. The van der Waals surface area contributed by atoms with Crippen LogP contribution in [0.3, 0.4) is 0 Å². The number of ether oxygens (including phenoxy) is 1. The maximum Gasteiger partial charge on any atom is 0.251 e. The van der Waals surface area contributed by atoms with E-state index in [1.165, 1.54) is 48.4 Å². The van der Waals surface area contributed by atoms with E-state index in [1.807, 2.05) is 0 Å². The van der Waals surface area contributed by atoms with E-state index in [0.717, 1.165) is 0 Å². The lowest BCUT2D eigenvalue weighted by atomic mass is 10.2. The predicted octanol–water partition coefficient (Wildman–Crippen LogP) is 2.75. The number of amides is 2. The highest BCUT2D eigenvalue weighted by atomic mass is 19.1. The molecule has 138 valence electrons. The molecule has 0 saturated heterocycles. The van der Waals surface area contributed by atoms with Crippen molar-refractivity contribution in [1.82, 2.24) is 10.2 Å². The molecule has 5 nitrogen and oxygen atoms in total. The van der Waals surface area contributed by atoms with E-state index in [0.29, 0.717) is 12.1 Å². The molecule has 0 aliphatic rings. The van der Waals surface area contributed by atoms with Crippen LogP contribution in [0.15, 0.2) is 42.5 Å². The number of hydrogen-bond acceptors (Lipinski definition) is 3. The fourth-order valence-electron chi connectivity index (χ4n) is 2.38. The van der Waals surface area contributed by atoms with Crippen LogP contribution in [-0.2, 0) is 11.3 Å². The van der Waals surface area contributed by atoms with Crippen LogP contribution in [0, 0.1) is 11.6 Å². The van der Waals surface area contributed by atoms with Gasteiger partial charge in [0.25, 0.3) is 5.91 Å². The molecule has 0 radical (unpaired) electrons. The van der Waals surface area contributed by atoms with Gasteiger partial charge in [-0.05, 0) is 48.9 Å². The van der Waals surface area contributed by atoms with Crippen molar-refractivity contribution >= 4 is 11.8 Å². The molecule has 26 heavy (non-hydrogen) atoms. The summed E-state index contributed by atoms with van der Waals surface area (Å²) in [5, 5.41) is 2.50. The summed E-state index contributed by atoms with van der Waals surface area (Å²) in [4.78, 5) is 25.8. The molecule has 0 aliphatic carbocycles. The fraction of sp³-hybridized carbons (Fsp3) is 0.263. The Hall–Kier alpha value is -2.96. The number of halogens is 2. The fourth-order valence-corrected chi connectivity index (χ4v) is 2.38. The molecule has 0 aliphatic heterocycles. The topological polar surface area (TPSA) is 58.6 Å². The lowest BCUT2D eigenvalue weighted by Gasteiger charge is -2.21. The number of benzene rings is 2. The van der Waals surface area contributed by atoms with Gasteiger partial charge in [0.2, 0.25) is 5.91 Å². The lowest BCUT2D eigenvalue weighted by molar-refractivity contribution is -0.130. The normalized spacial score (nSPS) is 10.3. The molecule has 2 aromatic carbocycles. The van der Waals surface area contributed by atoms with E-state index in [-0.39, 0.29) is 30.3 Å². The Bertz CT molecular complexity index is 779. The second kappa shape index (κ2) is 8.94. The van der Waals surface area contributed by atoms with Gasteiger partial charge in [0.05, 0.1) is 13.7 Å². The zero-order valence-corrected chi connectivity index (χ0v) is 14.6. The van der Waals surface area contributed by atoms with Gasteiger partial charge in [-0.1, -0.05) is 6.07 Å². The number of hydrogen-bond donors (Lipinski definition) is 1. The van der Waals surface area contributed by atoms with Gasteiger partial charge >= 0.3 is 0 Å². The molecule has 0 heterocycles. The van der Waals surface area contributed by atoms with Gasteiger partial charge in [0.15, 0.2) is 11.6 Å². The van der Waals surface area contributed by atoms with Crippen LogP contribution in [0.2, 0.25) is 0 Å². The summed E-state index contributed by atoms with van der Waals surface area (Å²) >= 11 is 0. The average molecular weight is 362 g/mol. The third-order valence-electron chi connectivity index (χ3n) is 3.83. The molecule has 0 spiro atoms. The van der Waals surface area contributed by atoms with Gasteiger partial charge in [-0.15, -0.1) is 0 Å². The third kappa shape index (κ3) is 5.02. The van der Waals surface area contributed by atoms with Crippen LogP contribution in [0.1, 0.15) is 22.8 Å². The van der Waals surface area contributed by atoms with E-state index in [2.05, 4.69) is 5.32 Å². The molecule has 2 rings (SSSR count). The quantitative estimate of drug-likeness (QED) is 0.824. The number of nitrogens with zero attached hydrogens (tertiary/aromatic N) is 1. The highest BCUT2D eigenvalue weighted by molar-refractivity contribution is 5.96. The SMILES string of the molecule is CCN(Cc1ccc(OC)c(F)c1)C(=O)CNC(=O)c1ccc(F)cc1.